The normalized spacial score (nSPS) is 23.8. The van der Waals surface area contributed by atoms with Gasteiger partial charge >= 0.3 is 5.97 Å². The van der Waals surface area contributed by atoms with Crippen molar-refractivity contribution in [1.29, 1.82) is 0 Å². The Hall–Kier alpha value is -0.610. The molecule has 0 unspecified atom stereocenters. The molecule has 0 radical (unpaired) electrons. The highest BCUT2D eigenvalue weighted by atomic mass is 16.5. The number of aliphatic carboxylic acids is 1. The van der Waals surface area contributed by atoms with Gasteiger partial charge in [-0.25, -0.2) is 0 Å². The van der Waals surface area contributed by atoms with Crippen LogP contribution in [0.5, 0.6) is 0 Å². The van der Waals surface area contributed by atoms with Crippen LogP contribution < -0.4 is 5.32 Å². The van der Waals surface area contributed by atoms with Gasteiger partial charge in [0.1, 0.15) is 0 Å². The first kappa shape index (κ1) is 9.48. The molecule has 1 aliphatic heterocycles. The average Bonchev–Trinajstić information content (AvgIpc) is 2.05. The second kappa shape index (κ2) is 5.11. The molecule has 0 spiro atoms. The number of carboxylic acid groups (broad SMARTS) is 1. The Morgan fingerprint density at radius 2 is 2.42 bits per heavy atom. The first-order chi connectivity index (χ1) is 5.79. The van der Waals surface area contributed by atoms with E-state index in [0.717, 1.165) is 19.4 Å². The molecule has 0 aromatic rings. The molecular formula is C8H15NO3. The van der Waals surface area contributed by atoms with Crippen LogP contribution >= 0.6 is 0 Å². The van der Waals surface area contributed by atoms with Crippen molar-refractivity contribution >= 4 is 5.97 Å². The van der Waals surface area contributed by atoms with Crippen LogP contribution in [0.25, 0.3) is 0 Å². The third-order valence-electron chi connectivity index (χ3n) is 1.92. The van der Waals surface area contributed by atoms with E-state index in [1.807, 2.05) is 0 Å². The summed E-state index contributed by atoms with van der Waals surface area (Å²) in [4.78, 5) is 10.1. The lowest BCUT2D eigenvalue weighted by molar-refractivity contribution is -0.136. The number of ether oxygens (including phenoxy) is 1. The average molecular weight is 173 g/mol. The molecule has 1 saturated heterocycles. The van der Waals surface area contributed by atoms with Crippen molar-refractivity contribution < 1.29 is 14.6 Å². The van der Waals surface area contributed by atoms with Gasteiger partial charge in [-0.3, -0.25) is 4.79 Å². The Morgan fingerprint density at radius 1 is 1.58 bits per heavy atom. The van der Waals surface area contributed by atoms with E-state index >= 15 is 0 Å². The summed E-state index contributed by atoms with van der Waals surface area (Å²) in [6.45, 7) is 1.51. The van der Waals surface area contributed by atoms with Crippen molar-refractivity contribution in [3.63, 3.8) is 0 Å². The molecule has 0 aromatic heterocycles. The highest BCUT2D eigenvalue weighted by molar-refractivity contribution is 5.68. The van der Waals surface area contributed by atoms with Gasteiger partial charge in [-0.2, -0.15) is 0 Å². The van der Waals surface area contributed by atoms with Crippen molar-refractivity contribution in [2.24, 2.45) is 0 Å². The largest absolute Gasteiger partial charge is 0.480 e. The summed E-state index contributed by atoms with van der Waals surface area (Å²) in [6.07, 6.45) is 3.60. The van der Waals surface area contributed by atoms with Gasteiger partial charge in [0.15, 0.2) is 0 Å². The molecule has 1 rings (SSSR count). The fraction of sp³-hybridized carbons (Fsp3) is 0.875. The summed E-state index contributed by atoms with van der Waals surface area (Å²) in [5, 5.41) is 11.2. The highest BCUT2D eigenvalue weighted by Gasteiger charge is 2.12. The summed E-state index contributed by atoms with van der Waals surface area (Å²) in [5.41, 5.74) is 0. The predicted molar refractivity (Wildman–Crippen MR) is 44.1 cm³/mol. The van der Waals surface area contributed by atoms with Crippen LogP contribution in [-0.4, -0.2) is 36.9 Å². The standard InChI is InChI=1S/C8H15NO3/c10-8(11)6-9-5-7-3-1-2-4-12-7/h7,9H,1-6H2,(H,10,11)/t7-/m0/s1. The maximum Gasteiger partial charge on any atom is 0.317 e. The molecule has 12 heavy (non-hydrogen) atoms. The van der Waals surface area contributed by atoms with Gasteiger partial charge in [0.05, 0.1) is 12.6 Å². The molecule has 1 atom stereocenters. The lowest BCUT2D eigenvalue weighted by Crippen LogP contribution is -2.34. The van der Waals surface area contributed by atoms with Crippen molar-refractivity contribution in [2.45, 2.75) is 25.4 Å². The van der Waals surface area contributed by atoms with E-state index in [1.165, 1.54) is 6.42 Å². The molecule has 0 saturated carbocycles. The summed E-state index contributed by atoms with van der Waals surface area (Å²) >= 11 is 0. The Balaban J connectivity index is 2.01. The predicted octanol–water partition coefficient (Wildman–Crippen LogP) is 0.230. The van der Waals surface area contributed by atoms with Gasteiger partial charge < -0.3 is 15.2 Å². The van der Waals surface area contributed by atoms with E-state index in [4.69, 9.17) is 9.84 Å². The van der Waals surface area contributed by atoms with Crippen LogP contribution in [0.1, 0.15) is 19.3 Å². The van der Waals surface area contributed by atoms with E-state index in [2.05, 4.69) is 5.32 Å². The molecule has 1 fully saturated rings. The van der Waals surface area contributed by atoms with Gasteiger partial charge in [-0.05, 0) is 19.3 Å². The third kappa shape index (κ3) is 3.69. The first-order valence-electron chi connectivity index (χ1n) is 4.33. The number of nitrogens with one attached hydrogen (secondary N) is 1. The SMILES string of the molecule is O=C(O)CNC[C@@H]1CCCCO1. The maximum atomic E-state index is 10.1. The van der Waals surface area contributed by atoms with Crippen LogP contribution in [-0.2, 0) is 9.53 Å². The number of carbonyl (C=O) groups is 1. The van der Waals surface area contributed by atoms with Gasteiger partial charge in [0.2, 0.25) is 0 Å². The lowest BCUT2D eigenvalue weighted by Gasteiger charge is -2.22. The molecule has 0 amide bonds. The van der Waals surface area contributed by atoms with E-state index in [1.54, 1.807) is 0 Å². The summed E-state index contributed by atoms with van der Waals surface area (Å²) in [5.74, 6) is -0.814. The topological polar surface area (TPSA) is 58.6 Å². The fourth-order valence-corrected chi connectivity index (χ4v) is 1.31. The molecular weight excluding hydrogens is 158 g/mol. The van der Waals surface area contributed by atoms with Crippen molar-refractivity contribution in [1.82, 2.24) is 5.32 Å². The molecule has 0 aromatic carbocycles. The van der Waals surface area contributed by atoms with Gasteiger partial charge in [0.25, 0.3) is 0 Å². The molecule has 70 valence electrons. The molecule has 0 aliphatic carbocycles. The molecule has 1 aliphatic rings. The van der Waals surface area contributed by atoms with Crippen LogP contribution in [0.15, 0.2) is 0 Å². The van der Waals surface area contributed by atoms with E-state index in [9.17, 15) is 4.79 Å². The zero-order chi connectivity index (χ0) is 8.81. The van der Waals surface area contributed by atoms with Gasteiger partial charge in [-0.15, -0.1) is 0 Å². The second-order valence-electron chi connectivity index (χ2n) is 3.01. The summed E-state index contributed by atoms with van der Waals surface area (Å²) < 4.78 is 5.40. The number of hydrogen-bond acceptors (Lipinski definition) is 3. The highest BCUT2D eigenvalue weighted by Crippen LogP contribution is 2.11. The Kier molecular flexibility index (Phi) is 4.04. The Labute approximate surface area is 71.9 Å². The first-order valence-corrected chi connectivity index (χ1v) is 4.33. The van der Waals surface area contributed by atoms with E-state index < -0.39 is 5.97 Å². The minimum absolute atomic E-state index is 0.0276. The third-order valence-corrected chi connectivity index (χ3v) is 1.92. The van der Waals surface area contributed by atoms with Crippen LogP contribution in [0.2, 0.25) is 0 Å². The molecule has 0 bridgehead atoms. The zero-order valence-corrected chi connectivity index (χ0v) is 7.08. The Bertz CT molecular complexity index is 143. The Morgan fingerprint density at radius 3 is 3.00 bits per heavy atom. The van der Waals surface area contributed by atoms with Crippen LogP contribution in [0.4, 0.5) is 0 Å². The maximum absolute atomic E-state index is 10.1. The van der Waals surface area contributed by atoms with Gasteiger partial charge in [-0.1, -0.05) is 0 Å². The van der Waals surface area contributed by atoms with Crippen molar-refractivity contribution in [3.8, 4) is 0 Å². The summed E-state index contributed by atoms with van der Waals surface area (Å²) in [6, 6.07) is 0. The monoisotopic (exact) mass is 173 g/mol. The number of hydrogen-bond donors (Lipinski definition) is 2. The number of rotatable bonds is 4. The second-order valence-corrected chi connectivity index (χ2v) is 3.01. The minimum Gasteiger partial charge on any atom is -0.480 e. The molecule has 2 N–H and O–H groups in total. The van der Waals surface area contributed by atoms with Crippen LogP contribution in [0, 0.1) is 0 Å². The van der Waals surface area contributed by atoms with E-state index in [0.29, 0.717) is 6.54 Å². The smallest absolute Gasteiger partial charge is 0.317 e. The van der Waals surface area contributed by atoms with Crippen LogP contribution in [0.3, 0.4) is 0 Å². The van der Waals surface area contributed by atoms with E-state index in [-0.39, 0.29) is 12.6 Å². The fourth-order valence-electron chi connectivity index (χ4n) is 1.31. The van der Waals surface area contributed by atoms with Crippen molar-refractivity contribution in [3.05, 3.63) is 0 Å². The minimum atomic E-state index is -0.814. The zero-order valence-electron chi connectivity index (χ0n) is 7.08. The van der Waals surface area contributed by atoms with Crippen molar-refractivity contribution in [2.75, 3.05) is 19.7 Å². The van der Waals surface area contributed by atoms with Gasteiger partial charge in [0, 0.05) is 13.2 Å². The quantitative estimate of drug-likeness (QED) is 0.639. The summed E-state index contributed by atoms with van der Waals surface area (Å²) in [7, 11) is 0. The number of carboxylic acids is 1. The lowest BCUT2D eigenvalue weighted by atomic mass is 10.1. The molecule has 4 nitrogen and oxygen atoms in total. The molecule has 4 heteroatoms. The molecule has 1 heterocycles.